The van der Waals surface area contributed by atoms with Crippen LogP contribution in [-0.2, 0) is 21.2 Å². The molecule has 1 aliphatic rings. The van der Waals surface area contributed by atoms with Crippen molar-refractivity contribution in [1.82, 2.24) is 4.72 Å². The predicted octanol–water partition coefficient (Wildman–Crippen LogP) is 0.524. The summed E-state index contributed by atoms with van der Waals surface area (Å²) in [6, 6.07) is 5.52. The van der Waals surface area contributed by atoms with E-state index in [-0.39, 0.29) is 18.2 Å². The lowest BCUT2D eigenvalue weighted by Gasteiger charge is -2.17. The van der Waals surface area contributed by atoms with Gasteiger partial charge in [-0.05, 0) is 37.1 Å². The van der Waals surface area contributed by atoms with Gasteiger partial charge in [0.15, 0.2) is 0 Å². The third-order valence-electron chi connectivity index (χ3n) is 3.31. The van der Waals surface area contributed by atoms with Crippen LogP contribution in [0.25, 0.3) is 0 Å². The van der Waals surface area contributed by atoms with Gasteiger partial charge in [-0.3, -0.25) is 4.79 Å². The van der Waals surface area contributed by atoms with Crippen molar-refractivity contribution in [2.24, 2.45) is 0 Å². The number of hydrogen-bond acceptors (Lipinski definition) is 4. The Morgan fingerprint density at radius 1 is 1.45 bits per heavy atom. The van der Waals surface area contributed by atoms with Crippen LogP contribution in [0.4, 0.5) is 5.69 Å². The van der Waals surface area contributed by atoms with E-state index >= 15 is 0 Å². The average molecular weight is 298 g/mol. The Morgan fingerprint density at radius 2 is 2.20 bits per heavy atom. The first-order valence-corrected chi connectivity index (χ1v) is 8.06. The molecule has 0 bridgehead atoms. The average Bonchev–Trinajstić information content (AvgIpc) is 2.87. The molecule has 6 nitrogen and oxygen atoms in total. The summed E-state index contributed by atoms with van der Waals surface area (Å²) in [4.78, 5) is 13.7. The lowest BCUT2D eigenvalue weighted by atomic mass is 10.1. The second kappa shape index (κ2) is 5.80. The molecule has 1 amide bonds. The number of fused-ring (bicyclic) bond motifs is 1. The van der Waals surface area contributed by atoms with Crippen molar-refractivity contribution in [2.75, 3.05) is 30.9 Å². The Hall–Kier alpha value is -1.60. The number of nitrogens with zero attached hydrogens (tertiary/aromatic N) is 1. The minimum atomic E-state index is -3.35. The van der Waals surface area contributed by atoms with Crippen LogP contribution < -0.4 is 14.4 Å². The summed E-state index contributed by atoms with van der Waals surface area (Å²) in [5.74, 6) is 0.476. The van der Waals surface area contributed by atoms with Gasteiger partial charge < -0.3 is 9.64 Å². The smallest absolute Gasteiger partial charge is 0.242 e. The zero-order chi connectivity index (χ0) is 14.8. The summed E-state index contributed by atoms with van der Waals surface area (Å²) >= 11 is 0. The Morgan fingerprint density at radius 3 is 2.85 bits per heavy atom. The predicted molar refractivity (Wildman–Crippen MR) is 76.5 cm³/mol. The second-order valence-corrected chi connectivity index (χ2v) is 6.61. The quantitative estimate of drug-likeness (QED) is 0.860. The fraction of sp³-hybridized carbons (Fsp3) is 0.462. The zero-order valence-corrected chi connectivity index (χ0v) is 12.4. The molecule has 0 atom stereocenters. The lowest BCUT2D eigenvalue weighted by Crippen LogP contribution is -2.39. The summed E-state index contributed by atoms with van der Waals surface area (Å²) in [6.07, 6.45) is 0.749. The molecule has 1 aliphatic heterocycles. The van der Waals surface area contributed by atoms with E-state index in [1.54, 1.807) is 18.1 Å². The lowest BCUT2D eigenvalue weighted by molar-refractivity contribution is -0.117. The molecule has 7 heteroatoms. The molecular formula is C13H18N2O4S. The summed E-state index contributed by atoms with van der Waals surface area (Å²) in [5.41, 5.74) is 1.86. The Kier molecular flexibility index (Phi) is 4.29. The molecule has 0 aliphatic carbocycles. The first-order chi connectivity index (χ1) is 9.46. The molecule has 1 heterocycles. The highest BCUT2D eigenvalue weighted by atomic mass is 32.2. The summed E-state index contributed by atoms with van der Waals surface area (Å²) < 4.78 is 30.1. The second-order valence-electron chi connectivity index (χ2n) is 4.51. The molecule has 1 aromatic carbocycles. The number of ether oxygens (including phenoxy) is 1. The summed E-state index contributed by atoms with van der Waals surface area (Å²) in [5, 5.41) is 0. The SMILES string of the molecule is CCS(=O)(=O)NCC(=O)N1CCc2cc(OC)ccc21. The monoisotopic (exact) mass is 298 g/mol. The van der Waals surface area contributed by atoms with E-state index in [0.717, 1.165) is 23.4 Å². The number of hydrogen-bond donors (Lipinski definition) is 1. The van der Waals surface area contributed by atoms with Gasteiger partial charge in [0.1, 0.15) is 5.75 Å². The number of anilines is 1. The minimum absolute atomic E-state index is 0.0337. The van der Waals surface area contributed by atoms with Crippen molar-refractivity contribution in [1.29, 1.82) is 0 Å². The van der Waals surface area contributed by atoms with E-state index in [1.165, 1.54) is 6.92 Å². The molecule has 0 fully saturated rings. The van der Waals surface area contributed by atoms with Gasteiger partial charge in [-0.2, -0.15) is 0 Å². The zero-order valence-electron chi connectivity index (χ0n) is 11.5. The molecule has 2 rings (SSSR count). The molecule has 110 valence electrons. The highest BCUT2D eigenvalue weighted by Gasteiger charge is 2.25. The molecular weight excluding hydrogens is 280 g/mol. The Bertz CT molecular complexity index is 613. The van der Waals surface area contributed by atoms with E-state index in [2.05, 4.69) is 4.72 Å². The van der Waals surface area contributed by atoms with Gasteiger partial charge in [-0.25, -0.2) is 13.1 Å². The normalized spacial score (nSPS) is 14.2. The third kappa shape index (κ3) is 3.10. The number of carbonyl (C=O) groups is 1. The Labute approximate surface area is 118 Å². The molecule has 0 saturated heterocycles. The van der Waals surface area contributed by atoms with Crippen molar-refractivity contribution < 1.29 is 17.9 Å². The number of amides is 1. The number of methoxy groups -OCH3 is 1. The molecule has 0 radical (unpaired) electrons. The van der Waals surface area contributed by atoms with Gasteiger partial charge in [0.2, 0.25) is 15.9 Å². The summed E-state index contributed by atoms with van der Waals surface area (Å²) in [6.45, 7) is 1.89. The maximum atomic E-state index is 12.1. The number of nitrogens with one attached hydrogen (secondary N) is 1. The highest BCUT2D eigenvalue weighted by Crippen LogP contribution is 2.31. The van der Waals surface area contributed by atoms with Crippen LogP contribution in [0.3, 0.4) is 0 Å². The first kappa shape index (κ1) is 14.8. The van der Waals surface area contributed by atoms with Crippen molar-refractivity contribution in [3.05, 3.63) is 23.8 Å². The summed E-state index contributed by atoms with van der Waals surface area (Å²) in [7, 11) is -1.75. The van der Waals surface area contributed by atoms with Gasteiger partial charge >= 0.3 is 0 Å². The molecule has 0 aromatic heterocycles. The number of sulfonamides is 1. The van der Waals surface area contributed by atoms with Crippen LogP contribution in [-0.4, -0.2) is 40.3 Å². The van der Waals surface area contributed by atoms with E-state index in [1.807, 2.05) is 12.1 Å². The molecule has 1 aromatic rings. The number of carbonyl (C=O) groups excluding carboxylic acids is 1. The molecule has 0 saturated carbocycles. The van der Waals surface area contributed by atoms with Crippen molar-refractivity contribution in [2.45, 2.75) is 13.3 Å². The standard InChI is InChI=1S/C13H18N2O4S/c1-3-20(17,18)14-9-13(16)15-7-6-10-8-11(19-2)4-5-12(10)15/h4-5,8,14H,3,6-7,9H2,1-2H3. The van der Waals surface area contributed by atoms with Gasteiger partial charge in [-0.15, -0.1) is 0 Å². The van der Waals surface area contributed by atoms with Crippen LogP contribution in [0, 0.1) is 0 Å². The molecule has 0 unspecified atom stereocenters. The fourth-order valence-electron chi connectivity index (χ4n) is 2.13. The topological polar surface area (TPSA) is 75.7 Å². The highest BCUT2D eigenvalue weighted by molar-refractivity contribution is 7.89. The van der Waals surface area contributed by atoms with Crippen LogP contribution >= 0.6 is 0 Å². The minimum Gasteiger partial charge on any atom is -0.497 e. The van der Waals surface area contributed by atoms with Crippen LogP contribution in [0.15, 0.2) is 18.2 Å². The number of benzene rings is 1. The van der Waals surface area contributed by atoms with E-state index in [0.29, 0.717) is 6.54 Å². The molecule has 20 heavy (non-hydrogen) atoms. The van der Waals surface area contributed by atoms with Crippen molar-refractivity contribution in [3.63, 3.8) is 0 Å². The van der Waals surface area contributed by atoms with Gasteiger partial charge in [0, 0.05) is 12.2 Å². The maximum Gasteiger partial charge on any atom is 0.242 e. The third-order valence-corrected chi connectivity index (χ3v) is 4.65. The number of rotatable bonds is 5. The largest absolute Gasteiger partial charge is 0.497 e. The van der Waals surface area contributed by atoms with Crippen molar-refractivity contribution in [3.8, 4) is 5.75 Å². The van der Waals surface area contributed by atoms with Crippen LogP contribution in [0.5, 0.6) is 5.75 Å². The van der Waals surface area contributed by atoms with Crippen molar-refractivity contribution >= 4 is 21.6 Å². The van der Waals surface area contributed by atoms with Crippen LogP contribution in [0.2, 0.25) is 0 Å². The van der Waals surface area contributed by atoms with E-state index in [4.69, 9.17) is 4.74 Å². The van der Waals surface area contributed by atoms with E-state index < -0.39 is 10.0 Å². The first-order valence-electron chi connectivity index (χ1n) is 6.41. The van der Waals surface area contributed by atoms with Gasteiger partial charge in [0.25, 0.3) is 0 Å². The van der Waals surface area contributed by atoms with E-state index in [9.17, 15) is 13.2 Å². The van der Waals surface area contributed by atoms with Gasteiger partial charge in [0.05, 0.1) is 19.4 Å². The fourth-order valence-corrected chi connectivity index (χ4v) is 2.68. The Balaban J connectivity index is 2.08. The maximum absolute atomic E-state index is 12.1. The van der Waals surface area contributed by atoms with Crippen LogP contribution in [0.1, 0.15) is 12.5 Å². The molecule has 1 N–H and O–H groups in total. The molecule has 0 spiro atoms. The van der Waals surface area contributed by atoms with Gasteiger partial charge in [-0.1, -0.05) is 0 Å².